The van der Waals surface area contributed by atoms with Crippen molar-refractivity contribution in [3.63, 3.8) is 0 Å². The average Bonchev–Trinajstić information content (AvgIpc) is 2.26. The lowest BCUT2D eigenvalue weighted by Crippen LogP contribution is -2.22. The molecule has 0 atom stereocenters. The number of hydrogen-bond donors (Lipinski definition) is 3. The summed E-state index contributed by atoms with van der Waals surface area (Å²) in [4.78, 5) is 19.8. The molecule has 1 rings (SSSR count). The predicted octanol–water partition coefficient (Wildman–Crippen LogP) is 1.99. The second kappa shape index (κ2) is 10.1. The molecule has 0 saturated heterocycles. The Morgan fingerprint density at radius 1 is 0.941 bits per heavy atom. The molecule has 0 spiro atoms. The first-order valence-electron chi connectivity index (χ1n) is 6.21. The average molecular weight is 245 g/mol. The fraction of sp³-hybridized carbons (Fsp3) is 0.833. The highest BCUT2D eigenvalue weighted by Gasteiger charge is 2.06. The van der Waals surface area contributed by atoms with Gasteiger partial charge in [0.2, 0.25) is 0 Å². The van der Waals surface area contributed by atoms with Crippen LogP contribution >= 0.6 is 0 Å². The zero-order chi connectivity index (χ0) is 13.1. The molecular formula is C12H23NO4. The van der Waals surface area contributed by atoms with Gasteiger partial charge in [-0.05, 0) is 25.7 Å². The fourth-order valence-electron chi connectivity index (χ4n) is 1.69. The third-order valence-corrected chi connectivity index (χ3v) is 2.68. The van der Waals surface area contributed by atoms with Crippen LogP contribution in [0, 0.1) is 0 Å². The molecule has 0 aromatic rings. The minimum atomic E-state index is -0.870. The maximum absolute atomic E-state index is 9.90. The molecule has 1 aliphatic rings. The minimum absolute atomic E-state index is 0.0628. The van der Waals surface area contributed by atoms with Crippen LogP contribution in [0.15, 0.2) is 0 Å². The molecule has 0 radical (unpaired) electrons. The SMILES string of the molecule is NC1CCCCC1.O=C(O)CCCCC(=O)O. The van der Waals surface area contributed by atoms with E-state index in [-0.39, 0.29) is 12.8 Å². The maximum atomic E-state index is 9.90. The molecule has 5 nitrogen and oxygen atoms in total. The molecule has 0 bridgehead atoms. The van der Waals surface area contributed by atoms with Crippen LogP contribution in [0.4, 0.5) is 0 Å². The van der Waals surface area contributed by atoms with Crippen molar-refractivity contribution < 1.29 is 19.8 Å². The summed E-state index contributed by atoms with van der Waals surface area (Å²) < 4.78 is 0. The van der Waals surface area contributed by atoms with E-state index in [1.807, 2.05) is 0 Å². The molecule has 0 aromatic carbocycles. The van der Waals surface area contributed by atoms with Gasteiger partial charge in [-0.15, -0.1) is 0 Å². The molecule has 0 aliphatic heterocycles. The molecule has 0 aromatic heterocycles. The Hall–Kier alpha value is -1.10. The Kier molecular flexibility index (Phi) is 9.43. The van der Waals surface area contributed by atoms with Crippen molar-refractivity contribution in [3.05, 3.63) is 0 Å². The molecule has 0 unspecified atom stereocenters. The first-order valence-corrected chi connectivity index (χ1v) is 6.21. The number of rotatable bonds is 5. The van der Waals surface area contributed by atoms with Crippen LogP contribution in [0.1, 0.15) is 57.8 Å². The fourth-order valence-corrected chi connectivity index (χ4v) is 1.69. The number of carbonyl (C=O) groups is 2. The standard InChI is InChI=1S/C6H13N.C6H10O4/c7-6-4-2-1-3-5-6;7-5(8)3-1-2-4-6(9)10/h6H,1-5,7H2;1-4H2,(H,7,8)(H,9,10). The van der Waals surface area contributed by atoms with Crippen LogP contribution in [0.2, 0.25) is 0 Å². The van der Waals surface area contributed by atoms with Gasteiger partial charge in [-0.3, -0.25) is 9.59 Å². The van der Waals surface area contributed by atoms with E-state index < -0.39 is 11.9 Å². The van der Waals surface area contributed by atoms with Crippen molar-refractivity contribution in [2.45, 2.75) is 63.8 Å². The van der Waals surface area contributed by atoms with Crippen molar-refractivity contribution in [3.8, 4) is 0 Å². The third-order valence-electron chi connectivity index (χ3n) is 2.68. The van der Waals surface area contributed by atoms with E-state index >= 15 is 0 Å². The summed E-state index contributed by atoms with van der Waals surface area (Å²) >= 11 is 0. The first kappa shape index (κ1) is 15.9. The van der Waals surface area contributed by atoms with E-state index in [2.05, 4.69) is 0 Å². The van der Waals surface area contributed by atoms with Gasteiger partial charge < -0.3 is 15.9 Å². The molecule has 17 heavy (non-hydrogen) atoms. The largest absolute Gasteiger partial charge is 0.481 e. The van der Waals surface area contributed by atoms with Crippen molar-refractivity contribution in [2.24, 2.45) is 5.73 Å². The van der Waals surface area contributed by atoms with E-state index in [0.29, 0.717) is 18.9 Å². The lowest BCUT2D eigenvalue weighted by atomic mass is 9.97. The van der Waals surface area contributed by atoms with Crippen LogP contribution in [-0.2, 0) is 9.59 Å². The van der Waals surface area contributed by atoms with Gasteiger partial charge in [-0.25, -0.2) is 0 Å². The van der Waals surface area contributed by atoms with Crippen LogP contribution < -0.4 is 5.73 Å². The lowest BCUT2D eigenvalue weighted by molar-refractivity contribution is -0.139. The summed E-state index contributed by atoms with van der Waals surface area (Å²) in [7, 11) is 0. The smallest absolute Gasteiger partial charge is 0.303 e. The van der Waals surface area contributed by atoms with Crippen molar-refractivity contribution in [2.75, 3.05) is 0 Å². The Morgan fingerprint density at radius 3 is 1.59 bits per heavy atom. The molecule has 4 N–H and O–H groups in total. The number of hydrogen-bond acceptors (Lipinski definition) is 3. The monoisotopic (exact) mass is 245 g/mol. The maximum Gasteiger partial charge on any atom is 0.303 e. The Morgan fingerprint density at radius 2 is 1.35 bits per heavy atom. The van der Waals surface area contributed by atoms with Gasteiger partial charge in [0.15, 0.2) is 0 Å². The van der Waals surface area contributed by atoms with Crippen molar-refractivity contribution in [1.29, 1.82) is 0 Å². The number of unbranched alkanes of at least 4 members (excludes halogenated alkanes) is 1. The van der Waals surface area contributed by atoms with Crippen LogP contribution in [0.3, 0.4) is 0 Å². The van der Waals surface area contributed by atoms with Crippen LogP contribution in [-0.4, -0.2) is 28.2 Å². The van der Waals surface area contributed by atoms with Gasteiger partial charge in [0.05, 0.1) is 0 Å². The second-order valence-electron chi connectivity index (χ2n) is 4.39. The number of aliphatic carboxylic acids is 2. The summed E-state index contributed by atoms with van der Waals surface area (Å²) in [5.74, 6) is -1.74. The topological polar surface area (TPSA) is 101 Å². The van der Waals surface area contributed by atoms with E-state index in [0.717, 1.165) is 0 Å². The van der Waals surface area contributed by atoms with Gasteiger partial charge in [0.1, 0.15) is 0 Å². The van der Waals surface area contributed by atoms with Gasteiger partial charge in [-0.1, -0.05) is 19.3 Å². The Balaban J connectivity index is 0.000000318. The van der Waals surface area contributed by atoms with E-state index in [9.17, 15) is 9.59 Å². The quantitative estimate of drug-likeness (QED) is 0.643. The number of carboxylic acids is 2. The second-order valence-corrected chi connectivity index (χ2v) is 4.39. The van der Waals surface area contributed by atoms with Gasteiger partial charge in [-0.2, -0.15) is 0 Å². The summed E-state index contributed by atoms with van der Waals surface area (Å²) in [6.07, 6.45) is 7.68. The lowest BCUT2D eigenvalue weighted by Gasteiger charge is -2.15. The molecular weight excluding hydrogens is 222 g/mol. The highest BCUT2D eigenvalue weighted by Crippen LogP contribution is 2.14. The van der Waals surface area contributed by atoms with Gasteiger partial charge in [0.25, 0.3) is 0 Å². The van der Waals surface area contributed by atoms with Crippen molar-refractivity contribution >= 4 is 11.9 Å². The minimum Gasteiger partial charge on any atom is -0.481 e. The molecule has 5 heteroatoms. The summed E-state index contributed by atoms with van der Waals surface area (Å²) in [5, 5.41) is 16.3. The van der Waals surface area contributed by atoms with Gasteiger partial charge >= 0.3 is 11.9 Å². The molecule has 1 aliphatic carbocycles. The predicted molar refractivity (Wildman–Crippen MR) is 64.8 cm³/mol. The normalized spacial score (nSPS) is 15.8. The number of carboxylic acid groups (broad SMARTS) is 2. The van der Waals surface area contributed by atoms with E-state index in [1.165, 1.54) is 32.1 Å². The van der Waals surface area contributed by atoms with Crippen molar-refractivity contribution in [1.82, 2.24) is 0 Å². The zero-order valence-electron chi connectivity index (χ0n) is 10.2. The Labute approximate surface area is 102 Å². The van der Waals surface area contributed by atoms with Crippen LogP contribution in [0.5, 0.6) is 0 Å². The summed E-state index contributed by atoms with van der Waals surface area (Å²) in [5.41, 5.74) is 5.63. The zero-order valence-corrected chi connectivity index (χ0v) is 10.2. The molecule has 1 fully saturated rings. The first-order chi connectivity index (χ1) is 8.02. The molecule has 1 saturated carbocycles. The van der Waals surface area contributed by atoms with E-state index in [4.69, 9.17) is 15.9 Å². The van der Waals surface area contributed by atoms with Crippen LogP contribution in [0.25, 0.3) is 0 Å². The Bertz CT molecular complexity index is 209. The molecule has 100 valence electrons. The third kappa shape index (κ3) is 12.8. The molecule has 0 heterocycles. The highest BCUT2D eigenvalue weighted by atomic mass is 16.4. The van der Waals surface area contributed by atoms with Gasteiger partial charge in [0, 0.05) is 18.9 Å². The summed E-state index contributed by atoms with van der Waals surface area (Å²) in [6, 6.07) is 0.536. The molecule has 0 amide bonds. The van der Waals surface area contributed by atoms with E-state index in [1.54, 1.807) is 0 Å². The summed E-state index contributed by atoms with van der Waals surface area (Å²) in [6.45, 7) is 0. The number of nitrogens with two attached hydrogens (primary N) is 1. The highest BCUT2D eigenvalue weighted by molar-refractivity contribution is 5.67.